The molecule has 4 heteroatoms. The first-order valence-electron chi connectivity index (χ1n) is 3.27. The van der Waals surface area contributed by atoms with Gasteiger partial charge in [0.2, 0.25) is 0 Å². The van der Waals surface area contributed by atoms with Crippen LogP contribution in [0.1, 0.15) is 5.56 Å². The summed E-state index contributed by atoms with van der Waals surface area (Å²) >= 11 is 0.931. The molecule has 1 aliphatic heterocycles. The molecule has 0 amide bonds. The number of benzene rings is 1. The van der Waals surface area contributed by atoms with E-state index in [0.717, 1.165) is 22.4 Å². The Hall–Kier alpha value is -0.550. The summed E-state index contributed by atoms with van der Waals surface area (Å²) in [5.41, 5.74) is 0.926. The summed E-state index contributed by atoms with van der Waals surface area (Å²) in [6.07, 6.45) is 0. The van der Waals surface area contributed by atoms with Crippen LogP contribution in [-0.2, 0) is 6.54 Å². The quantitative estimate of drug-likeness (QED) is 0.366. The molecule has 1 aliphatic rings. The number of rotatable bonds is 0. The Morgan fingerprint density at radius 1 is 1.45 bits per heavy atom. The van der Waals surface area contributed by atoms with Crippen LogP contribution in [0.15, 0.2) is 29.2 Å². The van der Waals surface area contributed by atoms with Crippen molar-refractivity contribution in [3.63, 3.8) is 0 Å². The number of quaternary nitrogens is 1. The van der Waals surface area contributed by atoms with E-state index in [2.05, 4.69) is 0 Å². The van der Waals surface area contributed by atoms with E-state index in [1.165, 1.54) is 0 Å². The largest absolute Gasteiger partial charge is 0.586 e. The molecule has 0 aromatic heterocycles. The number of nitrogens with zero attached hydrogens (tertiary/aromatic N) is 1. The van der Waals surface area contributed by atoms with Crippen molar-refractivity contribution in [2.45, 2.75) is 11.4 Å². The summed E-state index contributed by atoms with van der Waals surface area (Å²) in [7, 11) is 0. The molecule has 1 atom stereocenters. The third-order valence-electron chi connectivity index (χ3n) is 1.58. The predicted molar refractivity (Wildman–Crippen MR) is 41.4 cm³/mol. The molecule has 11 heavy (non-hydrogen) atoms. The van der Waals surface area contributed by atoms with Crippen molar-refractivity contribution in [3.8, 4) is 0 Å². The average molecular weight is 169 g/mol. The normalized spacial score (nSPS) is 28.5. The van der Waals surface area contributed by atoms with Gasteiger partial charge in [0, 0.05) is 5.56 Å². The lowest BCUT2D eigenvalue weighted by molar-refractivity contribution is -0.959. The minimum Gasteiger partial charge on any atom is -0.586 e. The highest BCUT2D eigenvalue weighted by molar-refractivity contribution is 7.94. The van der Waals surface area contributed by atoms with Crippen LogP contribution in [0.3, 0.4) is 0 Å². The van der Waals surface area contributed by atoms with Gasteiger partial charge in [0.15, 0.2) is 0 Å². The van der Waals surface area contributed by atoms with Crippen LogP contribution >= 0.6 is 11.9 Å². The molecule has 0 radical (unpaired) electrons. The van der Waals surface area contributed by atoms with E-state index in [1.54, 1.807) is 0 Å². The zero-order chi connectivity index (χ0) is 7.90. The summed E-state index contributed by atoms with van der Waals surface area (Å²) < 4.78 is -1.22. The molecule has 0 saturated carbocycles. The molecule has 1 aromatic carbocycles. The highest BCUT2D eigenvalue weighted by atomic mass is 32.2. The Bertz CT molecular complexity index is 261. The Morgan fingerprint density at radius 3 is 2.91 bits per heavy atom. The molecule has 0 saturated heterocycles. The van der Waals surface area contributed by atoms with Gasteiger partial charge in [-0.3, -0.25) is 0 Å². The van der Waals surface area contributed by atoms with Crippen LogP contribution in [0, 0.1) is 5.21 Å². The van der Waals surface area contributed by atoms with E-state index in [-0.39, 0.29) is 6.54 Å². The molecule has 0 aliphatic carbocycles. The number of hydrogen-bond acceptors (Lipinski definition) is 3. The van der Waals surface area contributed by atoms with Gasteiger partial charge in [-0.05, 0) is 6.07 Å². The van der Waals surface area contributed by atoms with Crippen molar-refractivity contribution in [2.75, 3.05) is 0 Å². The maximum absolute atomic E-state index is 11.0. The Labute approximate surface area is 68.5 Å². The summed E-state index contributed by atoms with van der Waals surface area (Å²) in [4.78, 5) is 0.880. The fraction of sp³-hybridized carbons (Fsp3) is 0.143. The highest BCUT2D eigenvalue weighted by Crippen LogP contribution is 2.39. The van der Waals surface area contributed by atoms with E-state index >= 15 is 0 Å². The summed E-state index contributed by atoms with van der Waals surface area (Å²) in [6.45, 7) is 0.154. The Kier molecular flexibility index (Phi) is 1.43. The zero-order valence-corrected chi connectivity index (χ0v) is 6.54. The monoisotopic (exact) mass is 169 g/mol. The smallest absolute Gasteiger partial charge is 0.149 e. The molecular weight excluding hydrogens is 162 g/mol. The van der Waals surface area contributed by atoms with Crippen LogP contribution < -0.4 is 0 Å². The zero-order valence-electron chi connectivity index (χ0n) is 5.73. The van der Waals surface area contributed by atoms with Crippen molar-refractivity contribution in [3.05, 3.63) is 35.0 Å². The van der Waals surface area contributed by atoms with Gasteiger partial charge in [-0.1, -0.05) is 18.2 Å². The second-order valence-electron chi connectivity index (χ2n) is 2.49. The van der Waals surface area contributed by atoms with Gasteiger partial charge in [0.1, 0.15) is 18.5 Å². The molecule has 3 nitrogen and oxygen atoms in total. The summed E-state index contributed by atoms with van der Waals surface area (Å²) in [5.74, 6) is 0. The van der Waals surface area contributed by atoms with E-state index in [9.17, 15) is 5.21 Å². The molecule has 2 rings (SSSR count). The van der Waals surface area contributed by atoms with Crippen LogP contribution in [0.2, 0.25) is 0 Å². The van der Waals surface area contributed by atoms with Gasteiger partial charge < -0.3 is 5.21 Å². The highest BCUT2D eigenvalue weighted by Gasteiger charge is 2.29. The molecule has 58 valence electrons. The molecule has 1 unspecified atom stereocenters. The molecule has 0 fully saturated rings. The summed E-state index contributed by atoms with van der Waals surface area (Å²) in [5, 5.41) is 20.1. The van der Waals surface area contributed by atoms with E-state index in [1.807, 2.05) is 24.3 Å². The van der Waals surface area contributed by atoms with Crippen molar-refractivity contribution >= 4 is 11.9 Å². The van der Waals surface area contributed by atoms with Crippen LogP contribution in [0.4, 0.5) is 0 Å². The third-order valence-corrected chi connectivity index (χ3v) is 2.59. The first-order chi connectivity index (χ1) is 5.17. The molecule has 1 aromatic rings. The minimum atomic E-state index is -1.22. The lowest BCUT2D eigenvalue weighted by atomic mass is 10.2. The lowest BCUT2D eigenvalue weighted by Crippen LogP contribution is -2.24. The molecule has 0 spiro atoms. The van der Waals surface area contributed by atoms with E-state index in [0.29, 0.717) is 0 Å². The maximum Gasteiger partial charge on any atom is 0.149 e. The van der Waals surface area contributed by atoms with Crippen LogP contribution in [-0.4, -0.2) is 9.42 Å². The van der Waals surface area contributed by atoms with Crippen molar-refractivity contribution in [1.29, 1.82) is 0 Å². The van der Waals surface area contributed by atoms with E-state index in [4.69, 9.17) is 5.21 Å². The topological polar surface area (TPSA) is 43.3 Å². The second kappa shape index (κ2) is 2.22. The van der Waals surface area contributed by atoms with Crippen LogP contribution in [0.5, 0.6) is 0 Å². The predicted octanol–water partition coefficient (Wildman–Crippen LogP) is 1.91. The fourth-order valence-corrected chi connectivity index (χ4v) is 2.02. The average Bonchev–Trinajstić information content (AvgIpc) is 2.21. The summed E-state index contributed by atoms with van der Waals surface area (Å²) in [6, 6.07) is 7.42. The second-order valence-corrected chi connectivity index (χ2v) is 3.69. The van der Waals surface area contributed by atoms with Crippen molar-refractivity contribution < 1.29 is 9.42 Å². The van der Waals surface area contributed by atoms with Crippen molar-refractivity contribution in [1.82, 2.24) is 0 Å². The SMILES string of the molecule is [O-][N+]1(O)Cc2ccccc2S1. The fourth-order valence-electron chi connectivity index (χ4n) is 1.12. The van der Waals surface area contributed by atoms with Crippen LogP contribution in [0.25, 0.3) is 0 Å². The molecule has 1 heterocycles. The first-order valence-corrected chi connectivity index (χ1v) is 4.04. The first kappa shape index (κ1) is 7.12. The molecular formula is C7H7NO2S. The molecule has 1 N–H and O–H groups in total. The Balaban J connectivity index is 2.41. The lowest BCUT2D eigenvalue weighted by Gasteiger charge is -2.23. The van der Waals surface area contributed by atoms with Gasteiger partial charge in [0.05, 0.1) is 4.90 Å². The van der Waals surface area contributed by atoms with Gasteiger partial charge in [-0.25, -0.2) is 5.21 Å². The van der Waals surface area contributed by atoms with Gasteiger partial charge in [0.25, 0.3) is 0 Å². The van der Waals surface area contributed by atoms with Crippen molar-refractivity contribution in [2.24, 2.45) is 0 Å². The number of hydroxylamine groups is 2. The van der Waals surface area contributed by atoms with Gasteiger partial charge >= 0.3 is 0 Å². The number of fused-ring (bicyclic) bond motifs is 1. The maximum atomic E-state index is 11.0. The number of hydrogen-bond donors (Lipinski definition) is 1. The van der Waals surface area contributed by atoms with E-state index < -0.39 is 4.21 Å². The third kappa shape index (κ3) is 1.25. The van der Waals surface area contributed by atoms with Gasteiger partial charge in [-0.2, -0.15) is 0 Å². The minimum absolute atomic E-state index is 0.154. The van der Waals surface area contributed by atoms with Gasteiger partial charge in [-0.15, -0.1) is 4.21 Å². The molecule has 0 bridgehead atoms. The standard InChI is InChI=1S/C7H7NO2S/c9-8(10)5-6-3-1-2-4-7(6)11-8/h1-4,9H,5H2. The Morgan fingerprint density at radius 2 is 2.18 bits per heavy atom.